The minimum Gasteiger partial charge on any atom is -0.192 e. The highest BCUT2D eigenvalue weighted by atomic mass is 14.3. The van der Waals surface area contributed by atoms with E-state index in [1.807, 2.05) is 30.3 Å². The third-order valence-electron chi connectivity index (χ3n) is 7.50. The topological polar surface area (TPSA) is 47.6 Å². The summed E-state index contributed by atoms with van der Waals surface area (Å²) in [5.74, 6) is 0. The van der Waals surface area contributed by atoms with Crippen LogP contribution in [0.15, 0.2) is 121 Å². The molecular weight excluding hydrogens is 460 g/mol. The van der Waals surface area contributed by atoms with E-state index in [1.165, 1.54) is 0 Å². The van der Waals surface area contributed by atoms with Gasteiger partial charge in [-0.1, -0.05) is 103 Å². The molecule has 38 heavy (non-hydrogen) atoms. The molecule has 0 N–H and O–H groups in total. The lowest BCUT2D eigenvalue weighted by Crippen LogP contribution is -1.94. The van der Waals surface area contributed by atoms with Gasteiger partial charge in [0.15, 0.2) is 0 Å². The number of nitrogens with zero attached hydrogens (tertiary/aromatic N) is 2. The van der Waals surface area contributed by atoms with Crippen molar-refractivity contribution in [1.29, 1.82) is 10.5 Å². The van der Waals surface area contributed by atoms with Gasteiger partial charge in [-0.3, -0.25) is 0 Å². The monoisotopic (exact) mass is 480 g/mol. The second-order valence-electron chi connectivity index (χ2n) is 9.49. The molecule has 6 aromatic carbocycles. The molecule has 0 unspecified atom stereocenters. The van der Waals surface area contributed by atoms with Crippen molar-refractivity contribution in [3.05, 3.63) is 132 Å². The summed E-state index contributed by atoms with van der Waals surface area (Å²) in [4.78, 5) is 0. The van der Waals surface area contributed by atoms with E-state index in [9.17, 15) is 10.5 Å². The summed E-state index contributed by atoms with van der Waals surface area (Å²) in [6, 6.07) is 46.3. The first-order chi connectivity index (χ1) is 18.8. The fourth-order valence-electron chi connectivity index (χ4n) is 5.93. The molecule has 2 nitrogen and oxygen atoms in total. The van der Waals surface area contributed by atoms with Gasteiger partial charge in [-0.2, -0.15) is 10.5 Å². The summed E-state index contributed by atoms with van der Waals surface area (Å²) in [6.07, 6.45) is 0. The van der Waals surface area contributed by atoms with E-state index in [-0.39, 0.29) is 0 Å². The van der Waals surface area contributed by atoms with Gasteiger partial charge in [-0.25, -0.2) is 0 Å². The van der Waals surface area contributed by atoms with E-state index in [0.29, 0.717) is 11.1 Å². The molecule has 0 fully saturated rings. The SMILES string of the molecule is N#Cc1ccc2c3c(ccc(C#N)c13)-c1c(-c3ccccc3)c(-c3ccccc3)cc(-c3ccccc3)c1-2. The molecule has 0 aromatic heterocycles. The van der Waals surface area contributed by atoms with Crippen molar-refractivity contribution in [3.63, 3.8) is 0 Å². The zero-order valence-electron chi connectivity index (χ0n) is 20.4. The Morgan fingerprint density at radius 3 is 1.32 bits per heavy atom. The van der Waals surface area contributed by atoms with Gasteiger partial charge in [0.2, 0.25) is 0 Å². The largest absolute Gasteiger partial charge is 0.192 e. The minimum atomic E-state index is 0.528. The van der Waals surface area contributed by atoms with E-state index in [2.05, 4.69) is 103 Å². The number of rotatable bonds is 3. The van der Waals surface area contributed by atoms with Crippen LogP contribution in [0.5, 0.6) is 0 Å². The van der Waals surface area contributed by atoms with Crippen LogP contribution in [-0.4, -0.2) is 0 Å². The van der Waals surface area contributed by atoms with Crippen molar-refractivity contribution in [2.24, 2.45) is 0 Å². The molecule has 2 heteroatoms. The molecular formula is C36H20N2. The Balaban J connectivity index is 1.73. The summed E-state index contributed by atoms with van der Waals surface area (Å²) < 4.78 is 0. The Morgan fingerprint density at radius 1 is 0.368 bits per heavy atom. The van der Waals surface area contributed by atoms with Crippen LogP contribution < -0.4 is 0 Å². The molecule has 6 aromatic rings. The maximum Gasteiger partial charge on any atom is 0.0998 e. The number of hydrogen-bond acceptors (Lipinski definition) is 2. The quantitative estimate of drug-likeness (QED) is 0.253. The third kappa shape index (κ3) is 3.12. The van der Waals surface area contributed by atoms with Gasteiger partial charge in [0.1, 0.15) is 0 Å². The van der Waals surface area contributed by atoms with Crippen molar-refractivity contribution in [1.82, 2.24) is 0 Å². The molecule has 0 atom stereocenters. The highest BCUT2D eigenvalue weighted by Crippen LogP contribution is 2.57. The molecule has 0 aliphatic heterocycles. The highest BCUT2D eigenvalue weighted by Gasteiger charge is 2.31. The fourth-order valence-corrected chi connectivity index (χ4v) is 5.93. The lowest BCUT2D eigenvalue weighted by atomic mass is 9.82. The smallest absolute Gasteiger partial charge is 0.0998 e. The summed E-state index contributed by atoms with van der Waals surface area (Å²) in [6.45, 7) is 0. The van der Waals surface area contributed by atoms with E-state index in [1.54, 1.807) is 0 Å². The van der Waals surface area contributed by atoms with Crippen molar-refractivity contribution in [2.45, 2.75) is 0 Å². The first kappa shape index (κ1) is 21.8. The van der Waals surface area contributed by atoms with Gasteiger partial charge in [0.25, 0.3) is 0 Å². The Bertz CT molecular complexity index is 1940. The van der Waals surface area contributed by atoms with Crippen molar-refractivity contribution in [3.8, 4) is 67.8 Å². The van der Waals surface area contributed by atoms with Crippen molar-refractivity contribution >= 4 is 10.8 Å². The van der Waals surface area contributed by atoms with Crippen molar-refractivity contribution < 1.29 is 0 Å². The maximum atomic E-state index is 9.97. The van der Waals surface area contributed by atoms with Gasteiger partial charge >= 0.3 is 0 Å². The fraction of sp³-hybridized carbons (Fsp3) is 0. The van der Waals surface area contributed by atoms with E-state index in [4.69, 9.17) is 0 Å². The summed E-state index contributed by atoms with van der Waals surface area (Å²) >= 11 is 0. The summed E-state index contributed by atoms with van der Waals surface area (Å²) in [5.41, 5.74) is 12.3. The Hall–Kier alpha value is -5.44. The zero-order chi connectivity index (χ0) is 25.6. The third-order valence-corrected chi connectivity index (χ3v) is 7.50. The molecule has 1 aliphatic carbocycles. The molecule has 174 valence electrons. The van der Waals surface area contributed by atoms with E-state index < -0.39 is 0 Å². The average Bonchev–Trinajstić information content (AvgIpc) is 3.33. The predicted octanol–water partition coefficient (Wildman–Crippen LogP) is 9.23. The Morgan fingerprint density at radius 2 is 0.816 bits per heavy atom. The van der Waals surface area contributed by atoms with E-state index in [0.717, 1.165) is 66.4 Å². The van der Waals surface area contributed by atoms with E-state index >= 15 is 0 Å². The molecule has 0 amide bonds. The highest BCUT2D eigenvalue weighted by molar-refractivity contribution is 6.24. The molecule has 0 spiro atoms. The summed E-state index contributed by atoms with van der Waals surface area (Å²) in [7, 11) is 0. The molecule has 7 rings (SSSR count). The average molecular weight is 481 g/mol. The zero-order valence-corrected chi connectivity index (χ0v) is 20.4. The summed E-state index contributed by atoms with van der Waals surface area (Å²) in [5, 5.41) is 21.7. The predicted molar refractivity (Wildman–Crippen MR) is 154 cm³/mol. The molecule has 0 saturated carbocycles. The van der Waals surface area contributed by atoms with Gasteiger partial charge in [-0.05, 0) is 73.8 Å². The van der Waals surface area contributed by atoms with Crippen LogP contribution in [0, 0.1) is 22.7 Å². The van der Waals surface area contributed by atoms with Crippen LogP contribution in [0.1, 0.15) is 11.1 Å². The molecule has 0 radical (unpaired) electrons. The second kappa shape index (κ2) is 8.59. The van der Waals surface area contributed by atoms with Crippen LogP contribution in [0.25, 0.3) is 66.4 Å². The Kier molecular flexibility index (Phi) is 4.93. The Labute approximate surface area is 221 Å². The van der Waals surface area contributed by atoms with Crippen LogP contribution in [0.3, 0.4) is 0 Å². The van der Waals surface area contributed by atoms with Crippen LogP contribution in [0.2, 0.25) is 0 Å². The standard InChI is InChI=1S/C36H20N2/c37-21-26-16-18-28-34-29(19-17-27(22-38)32(26)34)36-33(25-14-8-3-9-15-25)30(23-10-4-1-5-11-23)20-31(35(28)36)24-12-6-2-7-13-24/h1-20H. The number of hydrogen-bond donors (Lipinski definition) is 0. The molecule has 0 bridgehead atoms. The lowest BCUT2D eigenvalue weighted by Gasteiger charge is -2.20. The van der Waals surface area contributed by atoms with Gasteiger partial charge < -0.3 is 0 Å². The van der Waals surface area contributed by atoms with Gasteiger partial charge in [0, 0.05) is 10.8 Å². The second-order valence-corrected chi connectivity index (χ2v) is 9.49. The van der Waals surface area contributed by atoms with Crippen LogP contribution >= 0.6 is 0 Å². The number of nitriles is 2. The molecule has 0 heterocycles. The maximum absolute atomic E-state index is 9.97. The lowest BCUT2D eigenvalue weighted by molar-refractivity contribution is 1.48. The molecule has 0 saturated heterocycles. The number of benzene rings is 6. The first-order valence-corrected chi connectivity index (χ1v) is 12.6. The van der Waals surface area contributed by atoms with Gasteiger partial charge in [0.05, 0.1) is 23.3 Å². The number of fused-ring (bicyclic) bond motifs is 3. The van der Waals surface area contributed by atoms with Gasteiger partial charge in [-0.15, -0.1) is 0 Å². The first-order valence-electron chi connectivity index (χ1n) is 12.6. The van der Waals surface area contributed by atoms with Crippen LogP contribution in [0.4, 0.5) is 0 Å². The van der Waals surface area contributed by atoms with Crippen LogP contribution in [-0.2, 0) is 0 Å². The minimum absolute atomic E-state index is 0.528. The normalized spacial score (nSPS) is 11.1. The van der Waals surface area contributed by atoms with Crippen molar-refractivity contribution in [2.75, 3.05) is 0 Å². The molecule has 1 aliphatic rings.